The third kappa shape index (κ3) is 4.66. The lowest BCUT2D eigenvalue weighted by atomic mass is 10.2. The van der Waals surface area contributed by atoms with E-state index in [-0.39, 0.29) is 5.91 Å². The normalized spacial score (nSPS) is 18.0. The van der Waals surface area contributed by atoms with Crippen molar-refractivity contribution in [1.29, 1.82) is 0 Å². The summed E-state index contributed by atoms with van der Waals surface area (Å²) in [6.45, 7) is 7.11. The lowest BCUT2D eigenvalue weighted by Crippen LogP contribution is -2.49. The van der Waals surface area contributed by atoms with E-state index in [1.807, 2.05) is 4.90 Å². The number of aryl methyl sites for hydroxylation is 1. The number of hydrogen-bond acceptors (Lipinski definition) is 8. The zero-order chi connectivity index (χ0) is 20.1. The van der Waals surface area contributed by atoms with E-state index in [9.17, 15) is 4.79 Å². The van der Waals surface area contributed by atoms with Crippen LogP contribution in [0.3, 0.4) is 0 Å². The fourth-order valence-corrected chi connectivity index (χ4v) is 4.69. The van der Waals surface area contributed by atoms with E-state index in [2.05, 4.69) is 48.6 Å². The number of nitrogens with zero attached hydrogens (tertiary/aromatic N) is 7. The van der Waals surface area contributed by atoms with Gasteiger partial charge in [-0.25, -0.2) is 0 Å². The third-order valence-electron chi connectivity index (χ3n) is 5.69. The number of amides is 1. The van der Waals surface area contributed by atoms with Gasteiger partial charge in [0.2, 0.25) is 0 Å². The fraction of sp³-hybridized carbons (Fsp3) is 0.650. The van der Waals surface area contributed by atoms with E-state index in [0.29, 0.717) is 18.0 Å². The number of rotatable bonds is 5. The van der Waals surface area contributed by atoms with Gasteiger partial charge in [0.05, 0.1) is 5.69 Å². The summed E-state index contributed by atoms with van der Waals surface area (Å²) < 4.78 is 3.98. The lowest BCUT2D eigenvalue weighted by Gasteiger charge is -2.35. The molecule has 0 radical (unpaired) electrons. The quantitative estimate of drug-likeness (QED) is 0.743. The van der Waals surface area contributed by atoms with Crippen LogP contribution in [0.5, 0.6) is 0 Å². The Labute approximate surface area is 176 Å². The van der Waals surface area contributed by atoms with Crippen LogP contribution in [0.4, 0.5) is 11.6 Å². The molecule has 9 heteroatoms. The second kappa shape index (κ2) is 9.47. The molecule has 0 atom stereocenters. The summed E-state index contributed by atoms with van der Waals surface area (Å²) in [4.78, 5) is 20.0. The zero-order valence-corrected chi connectivity index (χ0v) is 17.9. The monoisotopic (exact) mass is 415 g/mol. The van der Waals surface area contributed by atoms with Crippen LogP contribution in [-0.4, -0.2) is 69.9 Å². The number of aromatic nitrogens is 4. The van der Waals surface area contributed by atoms with E-state index in [1.165, 1.54) is 37.2 Å². The Morgan fingerprint density at radius 2 is 1.52 bits per heavy atom. The number of piperazine rings is 1. The van der Waals surface area contributed by atoms with Gasteiger partial charge in [-0.1, -0.05) is 30.7 Å². The van der Waals surface area contributed by atoms with Crippen molar-refractivity contribution in [2.45, 2.75) is 45.4 Å². The second-order valence-electron chi connectivity index (χ2n) is 7.73. The van der Waals surface area contributed by atoms with Gasteiger partial charge in [-0.2, -0.15) is 0 Å². The highest BCUT2D eigenvalue weighted by Gasteiger charge is 2.26. The Bertz CT molecular complexity index is 793. The first-order chi connectivity index (χ1) is 14.3. The van der Waals surface area contributed by atoms with Gasteiger partial charge in [0.1, 0.15) is 4.88 Å². The summed E-state index contributed by atoms with van der Waals surface area (Å²) in [5, 5.41) is 13.1. The van der Waals surface area contributed by atoms with Crippen molar-refractivity contribution in [3.8, 4) is 0 Å². The van der Waals surface area contributed by atoms with Crippen LogP contribution in [0.15, 0.2) is 12.1 Å². The van der Waals surface area contributed by atoms with Gasteiger partial charge in [0, 0.05) is 39.3 Å². The van der Waals surface area contributed by atoms with E-state index >= 15 is 0 Å². The summed E-state index contributed by atoms with van der Waals surface area (Å²) >= 11 is 1.21. The van der Waals surface area contributed by atoms with Crippen LogP contribution in [0.25, 0.3) is 0 Å². The molecule has 2 aliphatic heterocycles. The Hall–Kier alpha value is -2.29. The number of hydrogen-bond donors (Lipinski definition) is 0. The topological polar surface area (TPSA) is 78.4 Å². The van der Waals surface area contributed by atoms with Gasteiger partial charge in [0.25, 0.3) is 5.91 Å². The third-order valence-corrected chi connectivity index (χ3v) is 6.45. The van der Waals surface area contributed by atoms with Crippen LogP contribution in [-0.2, 0) is 6.42 Å². The molecule has 4 heterocycles. The van der Waals surface area contributed by atoms with Crippen molar-refractivity contribution < 1.29 is 4.79 Å². The number of carbonyl (C=O) groups excluding carboxylic acids is 1. The molecule has 0 saturated carbocycles. The molecule has 1 amide bonds. The molecule has 2 aromatic heterocycles. The highest BCUT2D eigenvalue weighted by atomic mass is 32.1. The van der Waals surface area contributed by atoms with Crippen molar-refractivity contribution in [3.63, 3.8) is 0 Å². The highest BCUT2D eigenvalue weighted by Crippen LogP contribution is 2.21. The minimum atomic E-state index is 0.0608. The maximum absolute atomic E-state index is 12.9. The first-order valence-electron chi connectivity index (χ1n) is 10.7. The van der Waals surface area contributed by atoms with Crippen molar-refractivity contribution in [2.75, 3.05) is 49.1 Å². The molecule has 8 nitrogen and oxygen atoms in total. The summed E-state index contributed by atoms with van der Waals surface area (Å²) in [7, 11) is 0. The fourth-order valence-electron chi connectivity index (χ4n) is 4.01. The van der Waals surface area contributed by atoms with Crippen molar-refractivity contribution in [3.05, 3.63) is 22.7 Å². The molecule has 0 unspecified atom stereocenters. The van der Waals surface area contributed by atoms with Gasteiger partial charge in [-0.3, -0.25) is 4.79 Å². The SMILES string of the molecule is CCCc1nnsc1C(=O)N1CCN(c2ccc(N3CCCCCC3)nn2)CC1. The van der Waals surface area contributed by atoms with Crippen molar-refractivity contribution in [2.24, 2.45) is 0 Å². The lowest BCUT2D eigenvalue weighted by molar-refractivity contribution is 0.0750. The maximum atomic E-state index is 12.9. The first-order valence-corrected chi connectivity index (χ1v) is 11.5. The van der Waals surface area contributed by atoms with Crippen molar-refractivity contribution >= 4 is 29.1 Å². The van der Waals surface area contributed by atoms with Crippen LogP contribution in [0.1, 0.15) is 54.4 Å². The van der Waals surface area contributed by atoms with Crippen LogP contribution >= 0.6 is 11.5 Å². The van der Waals surface area contributed by atoms with Gasteiger partial charge in [-0.15, -0.1) is 15.3 Å². The number of anilines is 2. The molecule has 0 N–H and O–H groups in total. The predicted molar refractivity (Wildman–Crippen MR) is 115 cm³/mol. The standard InChI is InChI=1S/C20H29N7OS/c1-2-7-16-19(29-24-21-16)20(28)27-14-12-26(13-15-27)18-9-8-17(22-23-18)25-10-5-3-4-6-11-25/h8-9H,2-7,10-15H2,1H3. The molecule has 0 spiro atoms. The summed E-state index contributed by atoms with van der Waals surface area (Å²) in [6, 6.07) is 4.16. The predicted octanol–water partition coefficient (Wildman–Crippen LogP) is 2.62. The Morgan fingerprint density at radius 3 is 2.10 bits per heavy atom. The molecule has 2 saturated heterocycles. The minimum absolute atomic E-state index is 0.0608. The van der Waals surface area contributed by atoms with Gasteiger partial charge < -0.3 is 14.7 Å². The molecule has 0 aliphatic carbocycles. The summed E-state index contributed by atoms with van der Waals surface area (Å²) in [6.07, 6.45) is 6.84. The smallest absolute Gasteiger partial charge is 0.267 e. The molecular weight excluding hydrogens is 386 g/mol. The van der Waals surface area contributed by atoms with E-state index < -0.39 is 0 Å². The van der Waals surface area contributed by atoms with Crippen molar-refractivity contribution in [1.82, 2.24) is 24.7 Å². The molecule has 2 aromatic rings. The van der Waals surface area contributed by atoms with Crippen LogP contribution in [0, 0.1) is 0 Å². The van der Waals surface area contributed by atoms with Crippen LogP contribution < -0.4 is 9.80 Å². The molecule has 29 heavy (non-hydrogen) atoms. The second-order valence-corrected chi connectivity index (χ2v) is 8.48. The Balaban J connectivity index is 1.34. The van der Waals surface area contributed by atoms with E-state index in [0.717, 1.165) is 56.4 Å². The highest BCUT2D eigenvalue weighted by molar-refractivity contribution is 7.08. The maximum Gasteiger partial charge on any atom is 0.267 e. The van der Waals surface area contributed by atoms with Gasteiger partial charge in [0.15, 0.2) is 11.6 Å². The largest absolute Gasteiger partial charge is 0.355 e. The average molecular weight is 416 g/mol. The average Bonchev–Trinajstić information content (AvgIpc) is 3.06. The minimum Gasteiger partial charge on any atom is -0.355 e. The molecule has 2 aliphatic rings. The van der Waals surface area contributed by atoms with E-state index in [1.54, 1.807) is 0 Å². The molecule has 156 valence electrons. The zero-order valence-electron chi connectivity index (χ0n) is 17.1. The van der Waals surface area contributed by atoms with Gasteiger partial charge in [-0.05, 0) is 42.9 Å². The van der Waals surface area contributed by atoms with E-state index in [4.69, 9.17) is 0 Å². The molecule has 2 fully saturated rings. The molecule has 4 rings (SSSR count). The molecule has 0 aromatic carbocycles. The Morgan fingerprint density at radius 1 is 0.897 bits per heavy atom. The molecular formula is C20H29N7OS. The Kier molecular flexibility index (Phi) is 6.53. The summed E-state index contributed by atoms with van der Waals surface area (Å²) in [5.41, 5.74) is 0.833. The van der Waals surface area contributed by atoms with Crippen LogP contribution in [0.2, 0.25) is 0 Å². The molecule has 0 bridgehead atoms. The summed E-state index contributed by atoms with van der Waals surface area (Å²) in [5.74, 6) is 1.93. The number of carbonyl (C=O) groups is 1. The van der Waals surface area contributed by atoms with Gasteiger partial charge >= 0.3 is 0 Å². The first kappa shape index (κ1) is 20.0.